The van der Waals surface area contributed by atoms with Crippen LogP contribution in [0.25, 0.3) is 39.0 Å². The number of rotatable bonds is 5. The Labute approximate surface area is 252 Å². The first-order valence-corrected chi connectivity index (χ1v) is 14.7. The Hall–Kier alpha value is -5.41. The van der Waals surface area contributed by atoms with Gasteiger partial charge in [0, 0.05) is 11.1 Å². The number of fused-ring (bicyclic) bond motifs is 3. The van der Waals surface area contributed by atoms with Crippen molar-refractivity contribution in [3.8, 4) is 33.4 Å². The first-order chi connectivity index (χ1) is 21.2. The maximum absolute atomic E-state index is 8.71. The van der Waals surface area contributed by atoms with Crippen LogP contribution in [0.4, 0.5) is 0 Å². The topological polar surface area (TPSA) is 48.6 Å². The second-order valence-corrected chi connectivity index (χ2v) is 11.0. The fraction of sp³-hybridized carbons (Fsp3) is 0.0750. The Morgan fingerprint density at radius 2 is 1.44 bits per heavy atom. The molecule has 5 aromatic carbocycles. The lowest BCUT2D eigenvalue weighted by atomic mass is 9.93. The van der Waals surface area contributed by atoms with Gasteiger partial charge < -0.3 is 0 Å². The zero-order chi connectivity index (χ0) is 29.2. The Morgan fingerprint density at radius 3 is 2.23 bits per heavy atom. The monoisotopic (exact) mass is 553 g/mol. The second kappa shape index (κ2) is 11.5. The average molecular weight is 554 g/mol. The maximum Gasteiger partial charge on any atom is 0.161 e. The van der Waals surface area contributed by atoms with Crippen molar-refractivity contribution in [3.63, 3.8) is 0 Å². The number of nitrogens with one attached hydrogen (secondary N) is 1. The van der Waals surface area contributed by atoms with Crippen LogP contribution in [0, 0.1) is 5.41 Å². The molecule has 0 aromatic heterocycles. The molecule has 2 aliphatic carbocycles. The predicted octanol–water partition coefficient (Wildman–Crippen LogP) is 9.80. The summed E-state index contributed by atoms with van der Waals surface area (Å²) >= 11 is 0. The van der Waals surface area contributed by atoms with Gasteiger partial charge in [-0.3, -0.25) is 5.41 Å². The van der Waals surface area contributed by atoms with Gasteiger partial charge in [-0.05, 0) is 87.7 Å². The molecule has 0 unspecified atom stereocenters. The van der Waals surface area contributed by atoms with E-state index in [9.17, 15) is 0 Å². The van der Waals surface area contributed by atoms with Crippen LogP contribution in [-0.2, 0) is 6.42 Å². The third-order valence-corrected chi connectivity index (χ3v) is 8.36. The van der Waals surface area contributed by atoms with Crippen molar-refractivity contribution in [3.05, 3.63) is 161 Å². The van der Waals surface area contributed by atoms with E-state index >= 15 is 0 Å². The molecule has 0 atom stereocenters. The standard InChI is InChI=1S/C40H31N3/c1-42-40(34-16-8-14-31(24-34)27-10-4-2-5-11-27)43-39(41)30-20-18-28(19-21-30)32-22-23-37-35(25-32)26-33-15-9-17-36(38(33)37)29-12-6-3-7-13-29/h2-4,6-10,12-25,41H,1,5,11,26H2/b41-39?,43-40-. The molecule has 0 saturated heterocycles. The van der Waals surface area contributed by atoms with E-state index in [1.807, 2.05) is 24.3 Å². The van der Waals surface area contributed by atoms with E-state index in [1.54, 1.807) is 0 Å². The van der Waals surface area contributed by atoms with Crippen LogP contribution in [0.3, 0.4) is 0 Å². The first kappa shape index (κ1) is 26.5. The maximum atomic E-state index is 8.71. The molecule has 0 spiro atoms. The summed E-state index contributed by atoms with van der Waals surface area (Å²) in [4.78, 5) is 8.74. The first-order valence-electron chi connectivity index (χ1n) is 14.7. The van der Waals surface area contributed by atoms with Crippen molar-refractivity contribution in [2.75, 3.05) is 0 Å². The normalized spacial score (nSPS) is 13.7. The van der Waals surface area contributed by atoms with Crippen LogP contribution >= 0.6 is 0 Å². The van der Waals surface area contributed by atoms with Crippen molar-refractivity contribution < 1.29 is 0 Å². The SMILES string of the molecule is C=N/C(=N\C(=N)c1ccc(-c2ccc3c(c2)Cc2cccc(-c4ccccc4)c2-3)cc1)c1cccc(C2=CC=CCC2)c1. The lowest BCUT2D eigenvalue weighted by molar-refractivity contribution is 1.05. The molecule has 2 aliphatic rings. The third-order valence-electron chi connectivity index (χ3n) is 8.36. The minimum absolute atomic E-state index is 0.164. The van der Waals surface area contributed by atoms with E-state index in [0.29, 0.717) is 5.84 Å². The number of amidine groups is 2. The zero-order valence-electron chi connectivity index (χ0n) is 23.9. The number of hydrogen-bond acceptors (Lipinski definition) is 1. The van der Waals surface area contributed by atoms with Crippen molar-refractivity contribution in [1.82, 2.24) is 0 Å². The Morgan fingerprint density at radius 1 is 0.651 bits per heavy atom. The van der Waals surface area contributed by atoms with E-state index in [0.717, 1.165) is 41.5 Å². The van der Waals surface area contributed by atoms with Gasteiger partial charge in [-0.15, -0.1) is 0 Å². The second-order valence-electron chi connectivity index (χ2n) is 11.0. The molecular weight excluding hydrogens is 522 g/mol. The summed E-state index contributed by atoms with van der Waals surface area (Å²) in [7, 11) is 0. The molecule has 0 radical (unpaired) electrons. The van der Waals surface area contributed by atoms with Crippen LogP contribution in [0.2, 0.25) is 0 Å². The van der Waals surface area contributed by atoms with Crippen molar-refractivity contribution in [2.45, 2.75) is 19.3 Å². The lowest BCUT2D eigenvalue weighted by Gasteiger charge is -2.11. The highest BCUT2D eigenvalue weighted by Crippen LogP contribution is 2.44. The van der Waals surface area contributed by atoms with Gasteiger partial charge in [0.05, 0.1) is 0 Å². The summed E-state index contributed by atoms with van der Waals surface area (Å²) in [6.07, 6.45) is 9.45. The number of allylic oxidation sites excluding steroid dienone is 4. The van der Waals surface area contributed by atoms with Gasteiger partial charge in [0.1, 0.15) is 0 Å². The van der Waals surface area contributed by atoms with Crippen molar-refractivity contribution in [1.29, 1.82) is 5.41 Å². The molecule has 43 heavy (non-hydrogen) atoms. The third kappa shape index (κ3) is 5.22. The summed E-state index contributed by atoms with van der Waals surface area (Å²) in [5.74, 6) is 0.618. The number of nitrogens with zero attached hydrogens (tertiary/aromatic N) is 2. The largest absolute Gasteiger partial charge is 0.282 e. The summed E-state index contributed by atoms with van der Waals surface area (Å²) in [6.45, 7) is 3.74. The fourth-order valence-corrected chi connectivity index (χ4v) is 6.18. The molecular formula is C40H31N3. The molecule has 0 saturated carbocycles. The number of aliphatic imine (C=N–C) groups is 2. The smallest absolute Gasteiger partial charge is 0.161 e. The Kier molecular flexibility index (Phi) is 7.06. The van der Waals surface area contributed by atoms with Gasteiger partial charge in [-0.2, -0.15) is 0 Å². The van der Waals surface area contributed by atoms with Crippen molar-refractivity contribution >= 4 is 24.0 Å². The molecule has 0 aliphatic heterocycles. The highest BCUT2D eigenvalue weighted by Gasteiger charge is 2.22. The molecule has 0 heterocycles. The molecule has 5 aromatic rings. The molecule has 1 N–H and O–H groups in total. The molecule has 3 nitrogen and oxygen atoms in total. The van der Waals surface area contributed by atoms with Crippen LogP contribution in [0.15, 0.2) is 143 Å². The Balaban J connectivity index is 1.13. The zero-order valence-corrected chi connectivity index (χ0v) is 23.9. The van der Waals surface area contributed by atoms with Crippen LogP contribution < -0.4 is 0 Å². The quantitative estimate of drug-likeness (QED) is 0.163. The summed E-state index contributed by atoms with van der Waals surface area (Å²) in [5.41, 5.74) is 14.3. The van der Waals surface area contributed by atoms with Gasteiger partial charge in [0.2, 0.25) is 0 Å². The van der Waals surface area contributed by atoms with E-state index in [2.05, 4.69) is 126 Å². The lowest BCUT2D eigenvalue weighted by Crippen LogP contribution is -2.04. The van der Waals surface area contributed by atoms with Crippen molar-refractivity contribution in [2.24, 2.45) is 9.98 Å². The minimum Gasteiger partial charge on any atom is -0.282 e. The van der Waals surface area contributed by atoms with Gasteiger partial charge >= 0.3 is 0 Å². The fourth-order valence-electron chi connectivity index (χ4n) is 6.18. The summed E-state index contributed by atoms with van der Waals surface area (Å²) in [5, 5.41) is 8.71. The number of hydrogen-bond donors (Lipinski definition) is 1. The average Bonchev–Trinajstić information content (AvgIpc) is 3.46. The van der Waals surface area contributed by atoms with Crippen LogP contribution in [0.1, 0.15) is 40.7 Å². The minimum atomic E-state index is 0.164. The van der Waals surface area contributed by atoms with Gasteiger partial charge in [0.25, 0.3) is 0 Å². The molecule has 0 amide bonds. The van der Waals surface area contributed by atoms with Gasteiger partial charge in [-0.25, -0.2) is 9.98 Å². The summed E-state index contributed by atoms with van der Waals surface area (Å²) in [6, 6.07) is 40.3. The molecule has 3 heteroatoms. The predicted molar refractivity (Wildman–Crippen MR) is 181 cm³/mol. The Bertz CT molecular complexity index is 1960. The van der Waals surface area contributed by atoms with E-state index in [4.69, 9.17) is 5.41 Å². The molecule has 7 rings (SSSR count). The van der Waals surface area contributed by atoms with E-state index < -0.39 is 0 Å². The van der Waals surface area contributed by atoms with Gasteiger partial charge in [-0.1, -0.05) is 127 Å². The van der Waals surface area contributed by atoms with Crippen LogP contribution in [-0.4, -0.2) is 18.4 Å². The molecule has 0 fully saturated rings. The number of benzene rings is 5. The molecule has 0 bridgehead atoms. The highest BCUT2D eigenvalue weighted by atomic mass is 14.9. The van der Waals surface area contributed by atoms with Gasteiger partial charge in [0.15, 0.2) is 11.7 Å². The van der Waals surface area contributed by atoms with E-state index in [-0.39, 0.29) is 5.84 Å². The highest BCUT2D eigenvalue weighted by molar-refractivity contribution is 6.12. The van der Waals surface area contributed by atoms with Crippen LogP contribution in [0.5, 0.6) is 0 Å². The summed E-state index contributed by atoms with van der Waals surface area (Å²) < 4.78 is 0. The molecule has 206 valence electrons. The van der Waals surface area contributed by atoms with E-state index in [1.165, 1.54) is 44.5 Å².